The molecule has 0 bridgehead atoms. The quantitative estimate of drug-likeness (QED) is 0.750. The van der Waals surface area contributed by atoms with E-state index in [-0.39, 0.29) is 16.6 Å². The van der Waals surface area contributed by atoms with Crippen molar-refractivity contribution in [1.82, 2.24) is 0 Å². The Labute approximate surface area is 93.2 Å². The Kier molecular flexibility index (Phi) is 3.37. The van der Waals surface area contributed by atoms with Gasteiger partial charge in [0.2, 0.25) is 0 Å². The number of amides is 1. The molecular formula is C11H14FNO3. The average molecular weight is 227 g/mol. The first-order valence-corrected chi connectivity index (χ1v) is 4.77. The number of hydrogen-bond donors (Lipinski definition) is 1. The molecule has 4 nitrogen and oxygen atoms in total. The lowest BCUT2D eigenvalue weighted by molar-refractivity contribution is 0.0501. The Morgan fingerprint density at radius 1 is 1.31 bits per heavy atom. The first-order chi connectivity index (χ1) is 7.29. The summed E-state index contributed by atoms with van der Waals surface area (Å²) in [6.07, 6.45) is -1.09. The summed E-state index contributed by atoms with van der Waals surface area (Å²) < 4.78 is 18.3. The Balaban J connectivity index is 2.74. The van der Waals surface area contributed by atoms with E-state index in [4.69, 9.17) is 9.84 Å². The first-order valence-electron chi connectivity index (χ1n) is 4.77. The van der Waals surface area contributed by atoms with Gasteiger partial charge in [-0.2, -0.15) is 0 Å². The third-order valence-electron chi connectivity index (χ3n) is 1.63. The molecule has 0 saturated heterocycles. The Bertz CT molecular complexity index is 370. The lowest BCUT2D eigenvalue weighted by atomic mass is 10.2. The van der Waals surface area contributed by atoms with Crippen molar-refractivity contribution in [3.8, 4) is 5.75 Å². The molecule has 0 atom stereocenters. The van der Waals surface area contributed by atoms with Crippen LogP contribution in [0.2, 0.25) is 0 Å². The first kappa shape index (κ1) is 12.3. The van der Waals surface area contributed by atoms with Gasteiger partial charge in [-0.05, 0) is 45.0 Å². The van der Waals surface area contributed by atoms with Crippen LogP contribution in [0.4, 0.5) is 15.0 Å². The second kappa shape index (κ2) is 4.38. The Morgan fingerprint density at radius 2 is 1.81 bits per heavy atom. The highest BCUT2D eigenvalue weighted by Crippen LogP contribution is 2.21. The van der Waals surface area contributed by atoms with Crippen LogP contribution in [0.5, 0.6) is 5.75 Å². The average Bonchev–Trinajstić information content (AvgIpc) is 2.15. The summed E-state index contributed by atoms with van der Waals surface area (Å²) >= 11 is 0. The van der Waals surface area contributed by atoms with E-state index >= 15 is 0 Å². The van der Waals surface area contributed by atoms with Crippen molar-refractivity contribution < 1.29 is 19.1 Å². The molecule has 1 amide bonds. The van der Waals surface area contributed by atoms with Crippen LogP contribution in [0.25, 0.3) is 0 Å². The number of aromatic hydroxyl groups is 1. The Morgan fingerprint density at radius 3 is 2.25 bits per heavy atom. The normalized spacial score (nSPS) is 11.0. The predicted molar refractivity (Wildman–Crippen MR) is 57.9 cm³/mol. The van der Waals surface area contributed by atoms with Crippen LogP contribution in [-0.4, -0.2) is 16.8 Å². The van der Waals surface area contributed by atoms with Gasteiger partial charge in [0.25, 0.3) is 0 Å². The molecule has 0 aromatic heterocycles. The van der Waals surface area contributed by atoms with Gasteiger partial charge in [0.15, 0.2) is 0 Å². The molecule has 0 aliphatic rings. The fourth-order valence-corrected chi connectivity index (χ4v) is 0.991. The van der Waals surface area contributed by atoms with Gasteiger partial charge in [-0.15, -0.1) is 5.12 Å². The van der Waals surface area contributed by atoms with Crippen LogP contribution in [-0.2, 0) is 4.74 Å². The molecule has 0 aliphatic carbocycles. The molecule has 1 N–H and O–H groups in total. The number of ether oxygens (including phenoxy) is 1. The molecule has 1 rings (SSSR count). The van der Waals surface area contributed by atoms with Gasteiger partial charge < -0.3 is 9.84 Å². The van der Waals surface area contributed by atoms with E-state index in [1.54, 1.807) is 20.8 Å². The van der Waals surface area contributed by atoms with Crippen LogP contribution < -0.4 is 5.12 Å². The fourth-order valence-electron chi connectivity index (χ4n) is 0.991. The number of phenols is 1. The molecule has 0 fully saturated rings. The lowest BCUT2D eigenvalue weighted by Crippen LogP contribution is -2.31. The molecule has 0 saturated carbocycles. The summed E-state index contributed by atoms with van der Waals surface area (Å²) in [6.45, 7) is 4.95. The summed E-state index contributed by atoms with van der Waals surface area (Å²) in [5.74, 6) is 0.00124. The second-order valence-corrected chi connectivity index (χ2v) is 4.28. The molecule has 1 aromatic carbocycles. The molecule has 0 radical (unpaired) electrons. The number of benzene rings is 1. The van der Waals surface area contributed by atoms with E-state index in [9.17, 15) is 9.28 Å². The zero-order chi connectivity index (χ0) is 12.3. The monoisotopic (exact) mass is 227 g/mol. The smallest absolute Gasteiger partial charge is 0.443 e. The highest BCUT2D eigenvalue weighted by molar-refractivity contribution is 5.85. The van der Waals surface area contributed by atoms with Crippen molar-refractivity contribution in [3.05, 3.63) is 24.3 Å². The minimum absolute atomic E-state index is 0.00124. The van der Waals surface area contributed by atoms with Crippen LogP contribution >= 0.6 is 0 Å². The predicted octanol–water partition coefficient (Wildman–Crippen LogP) is 3.02. The standard InChI is InChI=1S/C11H14FNO3/c1-11(2,3)16-10(15)13(12)8-4-6-9(14)7-5-8/h4-7,14H,1-3H3. The molecule has 1 aromatic rings. The fraction of sp³-hybridized carbons (Fsp3) is 0.364. The largest absolute Gasteiger partial charge is 0.508 e. The molecule has 0 unspecified atom stereocenters. The lowest BCUT2D eigenvalue weighted by Gasteiger charge is -2.21. The van der Waals surface area contributed by atoms with Gasteiger partial charge in [-0.3, -0.25) is 0 Å². The van der Waals surface area contributed by atoms with Gasteiger partial charge in [0.05, 0.1) is 5.69 Å². The summed E-state index contributed by atoms with van der Waals surface area (Å²) in [7, 11) is 0. The Hall–Kier alpha value is -1.78. The maximum Gasteiger partial charge on any atom is 0.443 e. The number of carbonyl (C=O) groups is 1. The van der Waals surface area contributed by atoms with Gasteiger partial charge in [-0.1, -0.05) is 4.48 Å². The highest BCUT2D eigenvalue weighted by Gasteiger charge is 2.23. The second-order valence-electron chi connectivity index (χ2n) is 4.28. The van der Waals surface area contributed by atoms with Crippen molar-refractivity contribution in [1.29, 1.82) is 0 Å². The van der Waals surface area contributed by atoms with E-state index < -0.39 is 11.7 Å². The van der Waals surface area contributed by atoms with Gasteiger partial charge in [-0.25, -0.2) is 4.79 Å². The maximum atomic E-state index is 13.5. The SMILES string of the molecule is CC(C)(C)OC(=O)N(F)c1ccc(O)cc1. The number of anilines is 1. The topological polar surface area (TPSA) is 49.8 Å². The molecule has 0 heterocycles. The van der Waals surface area contributed by atoms with Crippen molar-refractivity contribution in [2.24, 2.45) is 0 Å². The number of nitrogens with zero attached hydrogens (tertiary/aromatic N) is 1. The number of hydrogen-bond acceptors (Lipinski definition) is 3. The van der Waals surface area contributed by atoms with E-state index in [0.717, 1.165) is 0 Å². The van der Waals surface area contributed by atoms with E-state index in [1.165, 1.54) is 24.3 Å². The molecular weight excluding hydrogens is 213 g/mol. The summed E-state index contributed by atoms with van der Waals surface area (Å²) in [4.78, 5) is 11.3. The van der Waals surface area contributed by atoms with Gasteiger partial charge in [0.1, 0.15) is 11.4 Å². The molecule has 0 aliphatic heterocycles. The molecule has 5 heteroatoms. The van der Waals surface area contributed by atoms with Crippen molar-refractivity contribution in [3.63, 3.8) is 0 Å². The molecule has 16 heavy (non-hydrogen) atoms. The van der Waals surface area contributed by atoms with E-state index in [0.29, 0.717) is 0 Å². The van der Waals surface area contributed by atoms with E-state index in [1.807, 2.05) is 0 Å². The third kappa shape index (κ3) is 3.42. The highest BCUT2D eigenvalue weighted by atomic mass is 19.2. The van der Waals surface area contributed by atoms with Crippen LogP contribution in [0, 0.1) is 0 Å². The van der Waals surface area contributed by atoms with Crippen molar-refractivity contribution in [2.45, 2.75) is 26.4 Å². The maximum absolute atomic E-state index is 13.5. The van der Waals surface area contributed by atoms with Crippen molar-refractivity contribution in [2.75, 3.05) is 5.12 Å². The number of rotatable bonds is 1. The van der Waals surface area contributed by atoms with Crippen LogP contribution in [0.3, 0.4) is 0 Å². The number of halogens is 1. The summed E-state index contributed by atoms with van der Waals surface area (Å²) in [5.41, 5.74) is -0.745. The molecule has 0 spiro atoms. The third-order valence-corrected chi connectivity index (χ3v) is 1.63. The van der Waals surface area contributed by atoms with Gasteiger partial charge in [0, 0.05) is 0 Å². The number of carbonyl (C=O) groups excluding carboxylic acids is 1. The zero-order valence-corrected chi connectivity index (χ0v) is 9.40. The number of phenolic OH excluding ortho intramolecular Hbond substituents is 1. The van der Waals surface area contributed by atoms with Crippen molar-refractivity contribution >= 4 is 11.8 Å². The van der Waals surface area contributed by atoms with Crippen LogP contribution in [0.15, 0.2) is 24.3 Å². The summed E-state index contributed by atoms with van der Waals surface area (Å²) in [5, 5.41) is 8.90. The molecule has 88 valence electrons. The minimum atomic E-state index is -1.09. The van der Waals surface area contributed by atoms with Gasteiger partial charge >= 0.3 is 6.09 Å². The minimum Gasteiger partial charge on any atom is -0.508 e. The van der Waals surface area contributed by atoms with Crippen LogP contribution in [0.1, 0.15) is 20.8 Å². The van der Waals surface area contributed by atoms with E-state index in [2.05, 4.69) is 0 Å². The zero-order valence-electron chi connectivity index (χ0n) is 9.40. The summed E-state index contributed by atoms with van der Waals surface area (Å²) in [6, 6.07) is 5.12.